The minimum atomic E-state index is 0.156. The van der Waals surface area contributed by atoms with Gasteiger partial charge in [-0.2, -0.15) is 9.61 Å². The van der Waals surface area contributed by atoms with Gasteiger partial charge < -0.3 is 5.11 Å². The molecular formula is C20H17N3O. The third-order valence-electron chi connectivity index (χ3n) is 4.23. The maximum Gasteiger partial charge on any atom is 0.219 e. The van der Waals surface area contributed by atoms with E-state index in [9.17, 15) is 5.11 Å². The van der Waals surface area contributed by atoms with Gasteiger partial charge in [-0.3, -0.25) is 0 Å². The monoisotopic (exact) mass is 315 g/mol. The largest absolute Gasteiger partial charge is 0.493 e. The SMILES string of the molecule is Cc1nc2c(-c3ccccc3)cnn2c(O)c1Cc1ccccc1. The van der Waals surface area contributed by atoms with Gasteiger partial charge >= 0.3 is 0 Å². The number of aromatic hydroxyl groups is 1. The first-order valence-corrected chi connectivity index (χ1v) is 7.89. The third kappa shape index (κ3) is 2.42. The van der Waals surface area contributed by atoms with Gasteiger partial charge in [0.2, 0.25) is 5.88 Å². The maximum absolute atomic E-state index is 10.7. The molecule has 0 fully saturated rings. The molecule has 2 aromatic heterocycles. The molecule has 2 heterocycles. The Morgan fingerprint density at radius 2 is 1.62 bits per heavy atom. The van der Waals surface area contributed by atoms with Crippen molar-refractivity contribution < 1.29 is 5.11 Å². The van der Waals surface area contributed by atoms with Gasteiger partial charge in [-0.15, -0.1) is 0 Å². The van der Waals surface area contributed by atoms with Crippen molar-refractivity contribution in [2.75, 3.05) is 0 Å². The average molecular weight is 315 g/mol. The van der Waals surface area contributed by atoms with Gasteiger partial charge in [0.1, 0.15) is 0 Å². The molecule has 0 bridgehead atoms. The number of hydrogen-bond donors (Lipinski definition) is 1. The number of rotatable bonds is 3. The standard InChI is InChI=1S/C20H17N3O/c1-14-17(12-15-8-4-2-5-9-15)20(24)23-19(22-14)18(13-21-23)16-10-6-3-7-11-16/h2-11,13,24H,12H2,1H3. The number of benzene rings is 2. The van der Waals surface area contributed by atoms with E-state index in [0.29, 0.717) is 12.1 Å². The Hall–Kier alpha value is -3.14. The summed E-state index contributed by atoms with van der Waals surface area (Å²) in [5.41, 5.74) is 5.38. The molecule has 4 rings (SSSR count). The summed E-state index contributed by atoms with van der Waals surface area (Å²) in [7, 11) is 0. The molecule has 0 atom stereocenters. The molecule has 24 heavy (non-hydrogen) atoms. The second kappa shape index (κ2) is 5.81. The van der Waals surface area contributed by atoms with Gasteiger partial charge in [0.25, 0.3) is 0 Å². The van der Waals surface area contributed by atoms with E-state index < -0.39 is 0 Å². The molecule has 4 heteroatoms. The average Bonchev–Trinajstić information content (AvgIpc) is 3.04. The van der Waals surface area contributed by atoms with E-state index in [2.05, 4.69) is 5.10 Å². The molecule has 0 saturated heterocycles. The normalized spacial score (nSPS) is 11.0. The van der Waals surface area contributed by atoms with Crippen LogP contribution in [0.4, 0.5) is 0 Å². The van der Waals surface area contributed by atoms with Crippen LogP contribution in [-0.2, 0) is 6.42 Å². The summed E-state index contributed by atoms with van der Waals surface area (Å²) in [5, 5.41) is 15.1. The molecule has 0 aliphatic rings. The van der Waals surface area contributed by atoms with Crippen LogP contribution in [0.2, 0.25) is 0 Å². The lowest BCUT2D eigenvalue weighted by atomic mass is 10.0. The molecule has 0 unspecified atom stereocenters. The lowest BCUT2D eigenvalue weighted by molar-refractivity contribution is 0.428. The van der Waals surface area contributed by atoms with Crippen LogP contribution in [0.3, 0.4) is 0 Å². The summed E-state index contributed by atoms with van der Waals surface area (Å²) in [5.74, 6) is 0.156. The Kier molecular flexibility index (Phi) is 3.50. The highest BCUT2D eigenvalue weighted by molar-refractivity contribution is 5.77. The highest BCUT2D eigenvalue weighted by Gasteiger charge is 2.16. The van der Waals surface area contributed by atoms with Crippen LogP contribution < -0.4 is 0 Å². The van der Waals surface area contributed by atoms with Crippen LogP contribution >= 0.6 is 0 Å². The van der Waals surface area contributed by atoms with E-state index in [-0.39, 0.29) is 5.88 Å². The Balaban J connectivity index is 1.85. The van der Waals surface area contributed by atoms with Crippen molar-refractivity contribution in [1.82, 2.24) is 14.6 Å². The van der Waals surface area contributed by atoms with Crippen LogP contribution in [0.15, 0.2) is 66.9 Å². The van der Waals surface area contributed by atoms with Gasteiger partial charge in [0.05, 0.1) is 6.20 Å². The second-order valence-corrected chi connectivity index (χ2v) is 5.82. The molecule has 0 saturated carbocycles. The quantitative estimate of drug-likeness (QED) is 0.621. The van der Waals surface area contributed by atoms with E-state index in [1.165, 1.54) is 4.52 Å². The van der Waals surface area contributed by atoms with Crippen LogP contribution in [0, 0.1) is 6.92 Å². The summed E-state index contributed by atoms with van der Waals surface area (Å²) >= 11 is 0. The van der Waals surface area contributed by atoms with E-state index in [1.54, 1.807) is 6.20 Å². The second-order valence-electron chi connectivity index (χ2n) is 5.82. The van der Waals surface area contributed by atoms with Gasteiger partial charge in [-0.25, -0.2) is 4.98 Å². The number of hydrogen-bond acceptors (Lipinski definition) is 3. The molecule has 2 aromatic carbocycles. The minimum Gasteiger partial charge on any atom is -0.493 e. The molecule has 0 aliphatic heterocycles. The van der Waals surface area contributed by atoms with Crippen molar-refractivity contribution in [3.8, 4) is 17.0 Å². The zero-order valence-electron chi connectivity index (χ0n) is 13.3. The van der Waals surface area contributed by atoms with Crippen molar-refractivity contribution in [1.29, 1.82) is 0 Å². The zero-order valence-corrected chi connectivity index (χ0v) is 13.3. The Labute approximate surface area is 140 Å². The molecule has 1 N–H and O–H groups in total. The van der Waals surface area contributed by atoms with Gasteiger partial charge in [0.15, 0.2) is 5.65 Å². The fourth-order valence-electron chi connectivity index (χ4n) is 2.95. The first-order valence-electron chi connectivity index (χ1n) is 7.89. The van der Waals surface area contributed by atoms with Crippen molar-refractivity contribution in [2.24, 2.45) is 0 Å². The number of aryl methyl sites for hydroxylation is 1. The van der Waals surface area contributed by atoms with E-state index in [0.717, 1.165) is 27.9 Å². The highest BCUT2D eigenvalue weighted by Crippen LogP contribution is 2.29. The summed E-state index contributed by atoms with van der Waals surface area (Å²) < 4.78 is 1.52. The highest BCUT2D eigenvalue weighted by atomic mass is 16.3. The fraction of sp³-hybridized carbons (Fsp3) is 0.100. The van der Waals surface area contributed by atoms with Gasteiger partial charge in [0, 0.05) is 23.2 Å². The van der Waals surface area contributed by atoms with Crippen LogP contribution in [-0.4, -0.2) is 19.7 Å². The summed E-state index contributed by atoms with van der Waals surface area (Å²) in [6.07, 6.45) is 2.38. The number of aromatic nitrogens is 3. The van der Waals surface area contributed by atoms with Crippen molar-refractivity contribution in [2.45, 2.75) is 13.3 Å². The van der Waals surface area contributed by atoms with Gasteiger partial charge in [-0.1, -0.05) is 60.7 Å². The van der Waals surface area contributed by atoms with Crippen molar-refractivity contribution >= 4 is 5.65 Å². The summed E-state index contributed by atoms with van der Waals surface area (Å²) in [6, 6.07) is 20.0. The lowest BCUT2D eigenvalue weighted by Gasteiger charge is -2.10. The van der Waals surface area contributed by atoms with E-state index in [1.807, 2.05) is 67.6 Å². The van der Waals surface area contributed by atoms with Crippen LogP contribution in [0.25, 0.3) is 16.8 Å². The van der Waals surface area contributed by atoms with Crippen molar-refractivity contribution in [3.05, 3.63) is 83.7 Å². The first-order chi connectivity index (χ1) is 11.7. The molecule has 4 aromatic rings. The van der Waals surface area contributed by atoms with E-state index in [4.69, 9.17) is 4.98 Å². The Morgan fingerprint density at radius 3 is 2.33 bits per heavy atom. The molecule has 0 spiro atoms. The molecule has 0 radical (unpaired) electrons. The number of fused-ring (bicyclic) bond motifs is 1. The molecule has 118 valence electrons. The Bertz CT molecular complexity index is 992. The predicted octanol–water partition coefficient (Wildman–Crippen LogP) is 4.00. The summed E-state index contributed by atoms with van der Waals surface area (Å²) in [4.78, 5) is 4.71. The first kappa shape index (κ1) is 14.5. The molecule has 0 amide bonds. The predicted molar refractivity (Wildman–Crippen MR) is 94.1 cm³/mol. The van der Waals surface area contributed by atoms with Crippen LogP contribution in [0.5, 0.6) is 5.88 Å². The number of nitrogens with zero attached hydrogens (tertiary/aromatic N) is 3. The van der Waals surface area contributed by atoms with Crippen LogP contribution in [0.1, 0.15) is 16.8 Å². The molecule has 0 aliphatic carbocycles. The molecular weight excluding hydrogens is 298 g/mol. The smallest absolute Gasteiger partial charge is 0.219 e. The third-order valence-corrected chi connectivity index (χ3v) is 4.23. The topological polar surface area (TPSA) is 50.4 Å². The molecule has 4 nitrogen and oxygen atoms in total. The lowest BCUT2D eigenvalue weighted by Crippen LogP contribution is -2.02. The van der Waals surface area contributed by atoms with Crippen molar-refractivity contribution in [3.63, 3.8) is 0 Å². The van der Waals surface area contributed by atoms with Gasteiger partial charge in [-0.05, 0) is 18.1 Å². The maximum atomic E-state index is 10.7. The minimum absolute atomic E-state index is 0.156. The summed E-state index contributed by atoms with van der Waals surface area (Å²) in [6.45, 7) is 1.93. The van der Waals surface area contributed by atoms with E-state index >= 15 is 0 Å². The Morgan fingerprint density at radius 1 is 0.958 bits per heavy atom. The zero-order chi connectivity index (χ0) is 16.5. The fourth-order valence-corrected chi connectivity index (χ4v) is 2.95.